The molecule has 4 nitrogen and oxygen atoms in total. The molecule has 3 N–H and O–H groups in total. The van der Waals surface area contributed by atoms with Crippen molar-refractivity contribution in [2.75, 3.05) is 19.6 Å². The fraction of sp³-hybridized carbons (Fsp3) is 0.500. The summed E-state index contributed by atoms with van der Waals surface area (Å²) in [5.74, 6) is 0.956. The van der Waals surface area contributed by atoms with E-state index in [1.54, 1.807) is 0 Å². The Morgan fingerprint density at radius 3 is 2.64 bits per heavy atom. The minimum Gasteiger partial charge on any atom is -0.507 e. The number of phenols is 1. The topological polar surface area (TPSA) is 58.7 Å². The van der Waals surface area contributed by atoms with Gasteiger partial charge >= 0.3 is 0 Å². The molecule has 0 amide bonds. The van der Waals surface area contributed by atoms with Gasteiger partial charge in [-0.2, -0.15) is 0 Å². The smallest absolute Gasteiger partial charge is 0.122 e. The normalized spacial score (nSPS) is 23.5. The van der Waals surface area contributed by atoms with Crippen LogP contribution in [0.4, 0.5) is 0 Å². The molecule has 2 aromatic carbocycles. The van der Waals surface area contributed by atoms with Crippen molar-refractivity contribution in [1.29, 1.82) is 0 Å². The van der Waals surface area contributed by atoms with Crippen LogP contribution in [0.3, 0.4) is 0 Å². The zero-order valence-electron chi connectivity index (χ0n) is 17.0. The minimum absolute atomic E-state index is 0.106. The number of likely N-dealkylation sites (tertiary alicyclic amines) is 1. The molecule has 0 aliphatic carbocycles. The molecule has 0 bridgehead atoms. The minimum atomic E-state index is -0.106. The molecule has 0 spiro atoms. The second-order valence-electron chi connectivity index (χ2n) is 8.50. The monoisotopic (exact) mass is 380 g/mol. The average molecular weight is 381 g/mol. The average Bonchev–Trinajstić information content (AvgIpc) is 2.71. The van der Waals surface area contributed by atoms with E-state index in [1.807, 2.05) is 13.0 Å². The van der Waals surface area contributed by atoms with Gasteiger partial charge in [0.25, 0.3) is 0 Å². The fourth-order valence-electron chi connectivity index (χ4n) is 4.83. The summed E-state index contributed by atoms with van der Waals surface area (Å²) in [4.78, 5) is 2.55. The molecule has 0 aromatic heterocycles. The lowest BCUT2D eigenvalue weighted by atomic mass is 9.83. The van der Waals surface area contributed by atoms with E-state index in [0.717, 1.165) is 55.6 Å². The molecule has 0 saturated carbocycles. The number of aromatic hydroxyl groups is 1. The molecule has 2 atom stereocenters. The van der Waals surface area contributed by atoms with Crippen molar-refractivity contribution in [2.45, 2.75) is 51.9 Å². The van der Waals surface area contributed by atoms with Crippen molar-refractivity contribution in [2.24, 2.45) is 11.7 Å². The van der Waals surface area contributed by atoms with Crippen molar-refractivity contribution >= 4 is 0 Å². The molecular formula is C24H32N2O2. The molecule has 2 aliphatic rings. The molecule has 0 radical (unpaired) electrons. The van der Waals surface area contributed by atoms with Gasteiger partial charge in [-0.3, -0.25) is 4.90 Å². The second kappa shape index (κ2) is 8.24. The number of benzene rings is 2. The lowest BCUT2D eigenvalue weighted by Gasteiger charge is -2.40. The van der Waals surface area contributed by atoms with Crippen LogP contribution >= 0.6 is 0 Å². The quantitative estimate of drug-likeness (QED) is 0.846. The van der Waals surface area contributed by atoms with Crippen molar-refractivity contribution in [1.82, 2.24) is 4.90 Å². The molecule has 1 saturated heterocycles. The molecule has 28 heavy (non-hydrogen) atoms. The van der Waals surface area contributed by atoms with Gasteiger partial charge < -0.3 is 15.6 Å². The Labute approximate surface area is 168 Å². The predicted molar refractivity (Wildman–Crippen MR) is 112 cm³/mol. The van der Waals surface area contributed by atoms with E-state index >= 15 is 0 Å². The van der Waals surface area contributed by atoms with Gasteiger partial charge in [-0.15, -0.1) is 0 Å². The zero-order valence-corrected chi connectivity index (χ0v) is 17.0. The van der Waals surface area contributed by atoms with Crippen molar-refractivity contribution in [3.05, 3.63) is 64.2 Å². The Hall–Kier alpha value is -1.88. The first-order valence-corrected chi connectivity index (χ1v) is 10.5. The number of hydrogen-bond acceptors (Lipinski definition) is 4. The summed E-state index contributed by atoms with van der Waals surface area (Å²) >= 11 is 0. The third-order valence-electron chi connectivity index (χ3n) is 6.47. The molecule has 150 valence electrons. The van der Waals surface area contributed by atoms with Crippen molar-refractivity contribution in [3.63, 3.8) is 0 Å². The van der Waals surface area contributed by atoms with Gasteiger partial charge in [0, 0.05) is 25.1 Å². The first-order valence-electron chi connectivity index (χ1n) is 10.5. The number of aryl methyl sites for hydroxylation is 2. The van der Waals surface area contributed by atoms with Gasteiger partial charge in [-0.1, -0.05) is 42.0 Å². The van der Waals surface area contributed by atoms with Crippen LogP contribution in [0.1, 0.15) is 46.8 Å². The lowest BCUT2D eigenvalue weighted by molar-refractivity contribution is -0.0651. The Morgan fingerprint density at radius 2 is 1.93 bits per heavy atom. The number of fused-ring (bicyclic) bond motifs is 1. The Balaban J connectivity index is 1.41. The van der Waals surface area contributed by atoms with Crippen LogP contribution in [0.25, 0.3) is 0 Å². The second-order valence-corrected chi connectivity index (χ2v) is 8.50. The number of hydrogen-bond donors (Lipinski definition) is 2. The summed E-state index contributed by atoms with van der Waals surface area (Å²) in [6.45, 7) is 7.78. The maximum absolute atomic E-state index is 10.6. The van der Waals surface area contributed by atoms with Crippen LogP contribution in [0.15, 0.2) is 36.4 Å². The number of ether oxygens (including phenoxy) is 1. The molecule has 2 aliphatic heterocycles. The number of rotatable bonds is 4. The highest BCUT2D eigenvalue weighted by atomic mass is 16.5. The summed E-state index contributed by atoms with van der Waals surface area (Å²) in [6, 6.07) is 12.8. The molecule has 0 unspecified atom stereocenters. The Kier molecular flexibility index (Phi) is 5.72. The van der Waals surface area contributed by atoms with Crippen LogP contribution in [-0.4, -0.2) is 35.7 Å². The van der Waals surface area contributed by atoms with Crippen LogP contribution in [0.5, 0.6) is 5.75 Å². The van der Waals surface area contributed by atoms with Gasteiger partial charge in [0.15, 0.2) is 0 Å². The summed E-state index contributed by atoms with van der Waals surface area (Å²) in [7, 11) is 0. The van der Waals surface area contributed by atoms with E-state index in [9.17, 15) is 5.11 Å². The SMILES string of the molecule is Cc1cccc(CN2CCC([C@@H]3Cc4c(ccc(C)c4O)[C@H](CN)O3)CC2)c1. The molecule has 4 rings (SSSR count). The molecular weight excluding hydrogens is 348 g/mol. The molecule has 1 fully saturated rings. The van der Waals surface area contributed by atoms with Crippen LogP contribution < -0.4 is 5.73 Å². The fourth-order valence-corrected chi connectivity index (χ4v) is 4.83. The van der Waals surface area contributed by atoms with E-state index in [0.29, 0.717) is 18.2 Å². The maximum Gasteiger partial charge on any atom is 0.122 e. The van der Waals surface area contributed by atoms with E-state index in [-0.39, 0.29) is 12.2 Å². The number of piperidine rings is 1. The highest BCUT2D eigenvalue weighted by molar-refractivity contribution is 5.47. The van der Waals surface area contributed by atoms with E-state index < -0.39 is 0 Å². The number of nitrogens with zero attached hydrogens (tertiary/aromatic N) is 1. The third-order valence-corrected chi connectivity index (χ3v) is 6.47. The largest absolute Gasteiger partial charge is 0.507 e. The van der Waals surface area contributed by atoms with E-state index in [1.165, 1.54) is 11.1 Å². The lowest BCUT2D eigenvalue weighted by Crippen LogP contribution is -2.41. The summed E-state index contributed by atoms with van der Waals surface area (Å²) in [5.41, 5.74) is 11.8. The number of nitrogens with two attached hydrogens (primary N) is 1. The van der Waals surface area contributed by atoms with E-state index in [4.69, 9.17) is 10.5 Å². The van der Waals surface area contributed by atoms with Crippen LogP contribution in [0.2, 0.25) is 0 Å². The maximum atomic E-state index is 10.6. The van der Waals surface area contributed by atoms with Gasteiger partial charge in [0.05, 0.1) is 12.2 Å². The summed E-state index contributed by atoms with van der Waals surface area (Å²) in [5, 5.41) is 10.6. The van der Waals surface area contributed by atoms with Gasteiger partial charge in [-0.05, 0) is 62.4 Å². The van der Waals surface area contributed by atoms with Gasteiger partial charge in [-0.25, -0.2) is 0 Å². The molecule has 4 heteroatoms. The van der Waals surface area contributed by atoms with Crippen molar-refractivity contribution < 1.29 is 9.84 Å². The third kappa shape index (κ3) is 3.95. The van der Waals surface area contributed by atoms with Gasteiger partial charge in [0.2, 0.25) is 0 Å². The Morgan fingerprint density at radius 1 is 1.14 bits per heavy atom. The molecule has 2 aromatic rings. The predicted octanol–water partition coefficient (Wildman–Crippen LogP) is 3.86. The standard InChI is InChI=1S/C24H32N2O2/c1-16-4-3-5-18(12-16)15-26-10-8-19(9-11-26)22-13-21-20(23(14-25)28-22)7-6-17(2)24(21)27/h3-7,12,19,22-23,27H,8-11,13-15,25H2,1-2H3/t22-,23-/m0/s1. The van der Waals surface area contributed by atoms with Crippen LogP contribution in [0, 0.1) is 19.8 Å². The Bertz CT molecular complexity index is 827. The molecule has 2 heterocycles. The highest BCUT2D eigenvalue weighted by Gasteiger charge is 2.35. The van der Waals surface area contributed by atoms with Crippen LogP contribution in [-0.2, 0) is 17.7 Å². The summed E-state index contributed by atoms with van der Waals surface area (Å²) < 4.78 is 6.41. The summed E-state index contributed by atoms with van der Waals surface area (Å²) in [6.07, 6.45) is 3.10. The van der Waals surface area contributed by atoms with Crippen molar-refractivity contribution in [3.8, 4) is 5.75 Å². The first-order chi connectivity index (χ1) is 13.5. The number of phenolic OH excluding ortho intramolecular Hbond substituents is 1. The first kappa shape index (κ1) is 19.4. The highest BCUT2D eigenvalue weighted by Crippen LogP contribution is 2.40. The van der Waals surface area contributed by atoms with Gasteiger partial charge in [0.1, 0.15) is 5.75 Å². The van der Waals surface area contributed by atoms with E-state index in [2.05, 4.69) is 42.2 Å². The zero-order chi connectivity index (χ0) is 19.7.